The smallest absolute Gasteiger partial charge is 0.407 e. The van der Waals surface area contributed by atoms with Crippen molar-refractivity contribution in [2.75, 3.05) is 36.4 Å². The summed E-state index contributed by atoms with van der Waals surface area (Å²) in [5.41, 5.74) is 1.77. The van der Waals surface area contributed by atoms with Crippen LogP contribution < -0.4 is 10.2 Å². The van der Waals surface area contributed by atoms with Gasteiger partial charge in [-0.05, 0) is 23.6 Å². The van der Waals surface area contributed by atoms with Crippen molar-refractivity contribution < 1.29 is 9.90 Å². The molecule has 4 aromatic rings. The van der Waals surface area contributed by atoms with Crippen molar-refractivity contribution in [3.63, 3.8) is 0 Å². The third kappa shape index (κ3) is 4.00. The third-order valence-corrected chi connectivity index (χ3v) is 5.45. The van der Waals surface area contributed by atoms with Crippen LogP contribution in [0.1, 0.15) is 0 Å². The van der Waals surface area contributed by atoms with Crippen molar-refractivity contribution in [3.8, 4) is 11.3 Å². The number of fused-ring (bicyclic) bond motifs is 1. The second-order valence-corrected chi connectivity index (χ2v) is 7.45. The second-order valence-electron chi connectivity index (χ2n) is 7.45. The van der Waals surface area contributed by atoms with Crippen molar-refractivity contribution in [2.24, 2.45) is 0 Å². The van der Waals surface area contributed by atoms with Crippen LogP contribution in [0.25, 0.3) is 22.0 Å². The zero-order valence-electron chi connectivity index (χ0n) is 17.2. The second kappa shape index (κ2) is 8.46. The van der Waals surface area contributed by atoms with E-state index in [0.29, 0.717) is 37.8 Å². The molecule has 1 aliphatic heterocycles. The molecule has 2 N–H and O–H groups in total. The summed E-state index contributed by atoms with van der Waals surface area (Å²) in [7, 11) is 0. The Morgan fingerprint density at radius 3 is 2.56 bits per heavy atom. The van der Waals surface area contributed by atoms with Crippen LogP contribution in [-0.2, 0) is 0 Å². The number of anilines is 3. The topological polar surface area (TPSA) is 107 Å². The molecule has 0 bridgehead atoms. The molecule has 32 heavy (non-hydrogen) atoms. The van der Waals surface area contributed by atoms with Gasteiger partial charge in [0.15, 0.2) is 0 Å². The molecular formula is C23H21N7O2. The largest absolute Gasteiger partial charge is 0.465 e. The number of piperazine rings is 1. The number of benzene rings is 1. The summed E-state index contributed by atoms with van der Waals surface area (Å²) in [6.45, 7) is 2.12. The molecule has 1 amide bonds. The minimum atomic E-state index is -0.880. The van der Waals surface area contributed by atoms with Gasteiger partial charge in [-0.15, -0.1) is 0 Å². The molecule has 0 saturated carbocycles. The molecule has 3 aromatic heterocycles. The summed E-state index contributed by atoms with van der Waals surface area (Å²) in [5, 5.41) is 14.5. The fourth-order valence-electron chi connectivity index (χ4n) is 3.84. The van der Waals surface area contributed by atoms with E-state index in [1.807, 2.05) is 30.3 Å². The number of hydrogen-bond donors (Lipinski definition) is 2. The number of carbonyl (C=O) groups is 1. The molecule has 1 aromatic carbocycles. The molecule has 0 spiro atoms. The fraction of sp³-hybridized carbons (Fsp3) is 0.174. The van der Waals surface area contributed by atoms with E-state index < -0.39 is 6.09 Å². The highest BCUT2D eigenvalue weighted by Crippen LogP contribution is 2.31. The van der Waals surface area contributed by atoms with Gasteiger partial charge in [0.05, 0.1) is 11.9 Å². The van der Waals surface area contributed by atoms with Gasteiger partial charge >= 0.3 is 6.09 Å². The lowest BCUT2D eigenvalue weighted by Gasteiger charge is -2.34. The molecule has 9 nitrogen and oxygen atoms in total. The molecule has 0 atom stereocenters. The minimum Gasteiger partial charge on any atom is -0.465 e. The van der Waals surface area contributed by atoms with Gasteiger partial charge in [0.25, 0.3) is 0 Å². The van der Waals surface area contributed by atoms with E-state index in [1.165, 1.54) is 4.90 Å². The van der Waals surface area contributed by atoms with Gasteiger partial charge in [0.1, 0.15) is 17.5 Å². The Morgan fingerprint density at radius 1 is 0.938 bits per heavy atom. The Morgan fingerprint density at radius 2 is 1.78 bits per heavy atom. The van der Waals surface area contributed by atoms with Crippen LogP contribution in [0.2, 0.25) is 0 Å². The molecular weight excluding hydrogens is 406 g/mol. The van der Waals surface area contributed by atoms with Crippen molar-refractivity contribution in [1.29, 1.82) is 0 Å². The van der Waals surface area contributed by atoms with E-state index in [4.69, 9.17) is 4.98 Å². The molecule has 9 heteroatoms. The van der Waals surface area contributed by atoms with Gasteiger partial charge in [0, 0.05) is 55.7 Å². The number of amides is 1. The van der Waals surface area contributed by atoms with Gasteiger partial charge in [-0.25, -0.2) is 19.7 Å². The first-order valence-corrected chi connectivity index (χ1v) is 10.3. The predicted molar refractivity (Wildman–Crippen MR) is 122 cm³/mol. The Kier molecular flexibility index (Phi) is 5.20. The molecule has 5 rings (SSSR count). The number of hydrogen-bond acceptors (Lipinski definition) is 7. The van der Waals surface area contributed by atoms with Gasteiger partial charge in [-0.1, -0.05) is 24.3 Å². The van der Waals surface area contributed by atoms with Gasteiger partial charge in [-0.2, -0.15) is 0 Å². The average molecular weight is 427 g/mol. The molecule has 0 unspecified atom stereocenters. The minimum absolute atomic E-state index is 0.458. The zero-order chi connectivity index (χ0) is 21.9. The maximum absolute atomic E-state index is 11.2. The number of nitrogens with zero attached hydrogens (tertiary/aromatic N) is 6. The summed E-state index contributed by atoms with van der Waals surface area (Å²) in [6.07, 6.45) is 5.79. The van der Waals surface area contributed by atoms with Gasteiger partial charge in [0.2, 0.25) is 0 Å². The van der Waals surface area contributed by atoms with Crippen molar-refractivity contribution in [3.05, 3.63) is 67.3 Å². The first kappa shape index (κ1) is 19.7. The lowest BCUT2D eigenvalue weighted by molar-refractivity contribution is 0.142. The van der Waals surface area contributed by atoms with Crippen LogP contribution in [0.3, 0.4) is 0 Å². The molecule has 0 aliphatic carbocycles. The highest BCUT2D eigenvalue weighted by molar-refractivity contribution is 5.96. The molecule has 1 saturated heterocycles. The first-order valence-electron chi connectivity index (χ1n) is 10.3. The monoisotopic (exact) mass is 427 g/mol. The number of rotatable bonds is 4. The van der Waals surface area contributed by atoms with Gasteiger partial charge in [-0.3, -0.25) is 4.98 Å². The Balaban J connectivity index is 1.50. The lowest BCUT2D eigenvalue weighted by atomic mass is 10.0. The third-order valence-electron chi connectivity index (χ3n) is 5.45. The summed E-state index contributed by atoms with van der Waals surface area (Å²) in [6, 6.07) is 14.0. The summed E-state index contributed by atoms with van der Waals surface area (Å²) < 4.78 is 0. The maximum Gasteiger partial charge on any atom is 0.407 e. The van der Waals surface area contributed by atoms with E-state index in [0.717, 1.165) is 27.8 Å². The Labute approximate surface area is 184 Å². The van der Waals surface area contributed by atoms with E-state index in [-0.39, 0.29) is 0 Å². The number of nitrogens with one attached hydrogen (secondary N) is 1. The average Bonchev–Trinajstić information content (AvgIpc) is 2.84. The molecule has 4 heterocycles. The fourth-order valence-corrected chi connectivity index (χ4v) is 3.84. The van der Waals surface area contributed by atoms with Crippen LogP contribution in [0.5, 0.6) is 0 Å². The van der Waals surface area contributed by atoms with Crippen LogP contribution in [-0.4, -0.2) is 62.2 Å². The van der Waals surface area contributed by atoms with Crippen LogP contribution in [0.4, 0.5) is 22.2 Å². The van der Waals surface area contributed by atoms with Crippen molar-refractivity contribution in [1.82, 2.24) is 24.8 Å². The number of pyridine rings is 2. The number of carboxylic acid groups (broad SMARTS) is 1. The van der Waals surface area contributed by atoms with Crippen LogP contribution in [0, 0.1) is 0 Å². The zero-order valence-corrected chi connectivity index (χ0v) is 17.2. The predicted octanol–water partition coefficient (Wildman–Crippen LogP) is 3.63. The van der Waals surface area contributed by atoms with Gasteiger partial charge < -0.3 is 20.2 Å². The van der Waals surface area contributed by atoms with E-state index >= 15 is 0 Å². The lowest BCUT2D eigenvalue weighted by Crippen LogP contribution is -2.48. The molecule has 0 radical (unpaired) electrons. The van der Waals surface area contributed by atoms with Crippen molar-refractivity contribution >= 4 is 34.3 Å². The van der Waals surface area contributed by atoms with Crippen molar-refractivity contribution in [2.45, 2.75) is 0 Å². The van der Waals surface area contributed by atoms with E-state index in [9.17, 15) is 9.90 Å². The Bertz CT molecular complexity index is 1260. The quantitative estimate of drug-likeness (QED) is 0.508. The maximum atomic E-state index is 11.2. The summed E-state index contributed by atoms with van der Waals surface area (Å²) in [4.78, 5) is 32.5. The van der Waals surface area contributed by atoms with Crippen LogP contribution in [0.15, 0.2) is 67.3 Å². The highest BCUT2D eigenvalue weighted by Gasteiger charge is 2.21. The first-order chi connectivity index (χ1) is 15.7. The molecule has 1 fully saturated rings. The van der Waals surface area contributed by atoms with E-state index in [2.05, 4.69) is 37.3 Å². The summed E-state index contributed by atoms with van der Waals surface area (Å²) in [5.74, 6) is 2.10. The summed E-state index contributed by atoms with van der Waals surface area (Å²) >= 11 is 0. The molecule has 160 valence electrons. The standard InChI is InChI=1S/C23H21N7O2/c31-23(32)30-11-9-29(10-12-30)21-14-17(5-6-26-21)22-18-4-2-1-3-16(18)13-19(28-22)27-20-15-24-7-8-25-20/h1-8,13-15H,9-12H2,(H,31,32)(H,25,27,28). The normalized spacial score (nSPS) is 13.9. The van der Waals surface area contributed by atoms with E-state index in [1.54, 1.807) is 24.8 Å². The number of aromatic nitrogens is 4. The SMILES string of the molecule is O=C(O)N1CCN(c2cc(-c3nc(Nc4cnccn4)cc4ccccc34)ccn2)CC1. The Hall–Kier alpha value is -4.27. The highest BCUT2D eigenvalue weighted by atomic mass is 16.4. The van der Waals surface area contributed by atoms with Crippen LogP contribution >= 0.6 is 0 Å². The molecule has 1 aliphatic rings.